The number of halogens is 2. The average molecular weight is 469 g/mol. The van der Waals surface area contributed by atoms with Crippen molar-refractivity contribution in [3.05, 3.63) is 94.4 Å². The van der Waals surface area contributed by atoms with Gasteiger partial charge in [0, 0.05) is 18.1 Å². The highest BCUT2D eigenvalue weighted by Crippen LogP contribution is 2.36. The lowest BCUT2D eigenvalue weighted by molar-refractivity contribution is -0.132. The Kier molecular flexibility index (Phi) is 6.46. The molecule has 2 aromatic carbocycles. The van der Waals surface area contributed by atoms with E-state index in [1.54, 1.807) is 42.5 Å². The third kappa shape index (κ3) is 4.75. The van der Waals surface area contributed by atoms with Gasteiger partial charge in [-0.05, 0) is 35.4 Å². The molecule has 4 amide bonds. The second-order valence-electron chi connectivity index (χ2n) is 7.76. The maximum Gasteiger partial charge on any atom is 0.322 e. The summed E-state index contributed by atoms with van der Waals surface area (Å²) in [5, 5.41) is 6.09. The molecule has 2 aliphatic rings. The predicted molar refractivity (Wildman–Crippen MR) is 121 cm³/mol. The van der Waals surface area contributed by atoms with Crippen molar-refractivity contribution in [2.45, 2.75) is 12.6 Å². The Morgan fingerprint density at radius 1 is 1.24 bits per heavy atom. The first kappa shape index (κ1) is 22.5. The fraction of sp³-hybridized carbons (Fsp3) is 0.208. The molecule has 0 aliphatic carbocycles. The van der Waals surface area contributed by atoms with Crippen molar-refractivity contribution >= 4 is 29.4 Å². The molecular formula is C24H22ClFN4O3. The third-order valence-corrected chi connectivity index (χ3v) is 5.76. The number of carbonyl (C=O) groups excluding carboxylic acids is 3. The van der Waals surface area contributed by atoms with Crippen molar-refractivity contribution in [3.63, 3.8) is 0 Å². The molecule has 33 heavy (non-hydrogen) atoms. The number of benzene rings is 2. The van der Waals surface area contributed by atoms with E-state index in [0.717, 1.165) is 5.56 Å². The van der Waals surface area contributed by atoms with Crippen LogP contribution in [0.5, 0.6) is 0 Å². The van der Waals surface area contributed by atoms with Crippen LogP contribution in [0.4, 0.5) is 9.18 Å². The summed E-state index contributed by atoms with van der Waals surface area (Å²) >= 11 is 6.13. The minimum absolute atomic E-state index is 0.121. The van der Waals surface area contributed by atoms with Crippen LogP contribution in [-0.2, 0) is 16.1 Å². The van der Waals surface area contributed by atoms with Crippen molar-refractivity contribution in [3.8, 4) is 0 Å². The summed E-state index contributed by atoms with van der Waals surface area (Å²) < 4.78 is 13.1. The zero-order chi connectivity index (χ0) is 23.5. The largest absolute Gasteiger partial charge is 0.350 e. The second-order valence-corrected chi connectivity index (χ2v) is 8.20. The molecule has 2 N–H and O–H groups in total. The average Bonchev–Trinajstić information content (AvgIpc) is 3.11. The number of hydrogen-bond acceptors (Lipinski definition) is 3. The number of carbonyl (C=O) groups is 3. The van der Waals surface area contributed by atoms with E-state index in [9.17, 15) is 18.8 Å². The van der Waals surface area contributed by atoms with E-state index < -0.39 is 6.04 Å². The SMILES string of the molecule is C=CCN1C(=O)NC(c2cccc(Cl)c2)C2=C1CN(CC(=O)NCc1ccc(F)cc1)C2=O. The predicted octanol–water partition coefficient (Wildman–Crippen LogP) is 3.14. The van der Waals surface area contributed by atoms with E-state index >= 15 is 0 Å². The smallest absolute Gasteiger partial charge is 0.322 e. The van der Waals surface area contributed by atoms with Gasteiger partial charge in [-0.1, -0.05) is 41.9 Å². The molecule has 7 nitrogen and oxygen atoms in total. The Bertz CT molecular complexity index is 1150. The third-order valence-electron chi connectivity index (χ3n) is 5.53. The van der Waals surface area contributed by atoms with E-state index in [1.807, 2.05) is 0 Å². The molecule has 9 heteroatoms. The van der Waals surface area contributed by atoms with Crippen molar-refractivity contribution < 1.29 is 18.8 Å². The van der Waals surface area contributed by atoms with Crippen molar-refractivity contribution in [2.75, 3.05) is 19.6 Å². The maximum absolute atomic E-state index is 13.3. The standard InChI is InChI=1S/C24H22ClFN4O3/c1-2-10-30-19-13-29(14-20(31)27-12-15-6-8-18(26)9-7-15)23(32)21(19)22(28-24(30)33)16-4-3-5-17(25)11-16/h2-9,11,22H,1,10,12-14H2,(H,27,31)(H,28,33). The molecule has 1 unspecified atom stereocenters. The first-order valence-electron chi connectivity index (χ1n) is 10.3. The zero-order valence-electron chi connectivity index (χ0n) is 17.7. The van der Waals surface area contributed by atoms with Gasteiger partial charge in [0.2, 0.25) is 5.91 Å². The highest BCUT2D eigenvalue weighted by molar-refractivity contribution is 6.30. The van der Waals surface area contributed by atoms with E-state index in [1.165, 1.54) is 21.9 Å². The van der Waals surface area contributed by atoms with Crippen molar-refractivity contribution in [1.82, 2.24) is 20.4 Å². The molecule has 170 valence electrons. The van der Waals surface area contributed by atoms with Crippen LogP contribution in [0.1, 0.15) is 17.2 Å². The molecule has 2 aliphatic heterocycles. The van der Waals surface area contributed by atoms with Crippen LogP contribution in [-0.4, -0.2) is 47.3 Å². The maximum atomic E-state index is 13.3. The quantitative estimate of drug-likeness (QED) is 0.612. The molecule has 4 rings (SSSR count). The second kappa shape index (κ2) is 9.46. The lowest BCUT2D eigenvalue weighted by Crippen LogP contribution is -2.47. The number of amides is 4. The Labute approximate surface area is 195 Å². The normalized spacial score (nSPS) is 17.7. The zero-order valence-corrected chi connectivity index (χ0v) is 18.4. The Morgan fingerprint density at radius 2 is 2.00 bits per heavy atom. The summed E-state index contributed by atoms with van der Waals surface area (Å²) in [5.74, 6) is -1.05. The Hall–Kier alpha value is -3.65. The van der Waals surface area contributed by atoms with Gasteiger partial charge in [-0.15, -0.1) is 6.58 Å². The molecule has 2 aromatic rings. The molecule has 1 atom stereocenters. The van der Waals surface area contributed by atoms with Gasteiger partial charge in [-0.2, -0.15) is 0 Å². The van der Waals surface area contributed by atoms with E-state index in [0.29, 0.717) is 21.9 Å². The molecule has 0 radical (unpaired) electrons. The van der Waals surface area contributed by atoms with Gasteiger partial charge in [-0.3, -0.25) is 14.5 Å². The number of nitrogens with one attached hydrogen (secondary N) is 2. The molecule has 0 fully saturated rings. The summed E-state index contributed by atoms with van der Waals surface area (Å²) in [6, 6.07) is 11.7. The van der Waals surface area contributed by atoms with Crippen LogP contribution in [0.3, 0.4) is 0 Å². The Balaban J connectivity index is 1.52. The van der Waals surface area contributed by atoms with Gasteiger partial charge in [0.15, 0.2) is 0 Å². The minimum atomic E-state index is -0.674. The molecular weight excluding hydrogens is 447 g/mol. The summed E-state index contributed by atoms with van der Waals surface area (Å²) in [7, 11) is 0. The lowest BCUT2D eigenvalue weighted by Gasteiger charge is -2.33. The monoisotopic (exact) mass is 468 g/mol. The first-order valence-corrected chi connectivity index (χ1v) is 10.7. The van der Waals surface area contributed by atoms with Gasteiger partial charge in [-0.25, -0.2) is 9.18 Å². The highest BCUT2D eigenvalue weighted by Gasteiger charge is 2.44. The fourth-order valence-corrected chi connectivity index (χ4v) is 4.17. The van der Waals surface area contributed by atoms with Crippen LogP contribution in [0.25, 0.3) is 0 Å². The van der Waals surface area contributed by atoms with Crippen LogP contribution in [0.15, 0.2) is 72.5 Å². The number of nitrogens with zero attached hydrogens (tertiary/aromatic N) is 2. The molecule has 0 spiro atoms. The Morgan fingerprint density at radius 3 is 2.70 bits per heavy atom. The number of hydrogen-bond donors (Lipinski definition) is 2. The topological polar surface area (TPSA) is 81.8 Å². The molecule has 0 saturated carbocycles. The first-order chi connectivity index (χ1) is 15.9. The van der Waals surface area contributed by atoms with Gasteiger partial charge >= 0.3 is 6.03 Å². The van der Waals surface area contributed by atoms with Crippen LogP contribution in [0, 0.1) is 5.82 Å². The van der Waals surface area contributed by atoms with E-state index in [4.69, 9.17) is 11.6 Å². The van der Waals surface area contributed by atoms with Gasteiger partial charge in [0.05, 0.1) is 23.9 Å². The van der Waals surface area contributed by atoms with Crippen LogP contribution >= 0.6 is 11.6 Å². The summed E-state index contributed by atoms with van der Waals surface area (Å²) in [4.78, 5) is 41.5. The molecule has 0 bridgehead atoms. The minimum Gasteiger partial charge on any atom is -0.350 e. The van der Waals surface area contributed by atoms with Gasteiger partial charge in [0.1, 0.15) is 12.4 Å². The van der Waals surface area contributed by atoms with Crippen LogP contribution in [0.2, 0.25) is 5.02 Å². The van der Waals surface area contributed by atoms with Crippen molar-refractivity contribution in [2.24, 2.45) is 0 Å². The fourth-order valence-electron chi connectivity index (χ4n) is 3.97. The molecule has 2 heterocycles. The lowest BCUT2D eigenvalue weighted by atomic mass is 9.95. The van der Waals surface area contributed by atoms with Gasteiger partial charge < -0.3 is 15.5 Å². The highest BCUT2D eigenvalue weighted by atomic mass is 35.5. The molecule has 0 saturated heterocycles. The molecule has 0 aromatic heterocycles. The number of rotatable bonds is 7. The van der Waals surface area contributed by atoms with E-state index in [-0.39, 0.29) is 49.8 Å². The summed E-state index contributed by atoms with van der Waals surface area (Å²) in [6.07, 6.45) is 1.58. The van der Waals surface area contributed by atoms with Gasteiger partial charge in [0.25, 0.3) is 5.91 Å². The summed E-state index contributed by atoms with van der Waals surface area (Å²) in [5.41, 5.74) is 2.37. The van der Waals surface area contributed by atoms with Crippen LogP contribution < -0.4 is 10.6 Å². The van der Waals surface area contributed by atoms with E-state index in [2.05, 4.69) is 17.2 Å². The summed E-state index contributed by atoms with van der Waals surface area (Å²) in [6.45, 7) is 4.07. The van der Waals surface area contributed by atoms with Crippen molar-refractivity contribution in [1.29, 1.82) is 0 Å². The number of urea groups is 1.